The van der Waals surface area contributed by atoms with Crippen LogP contribution in [0.2, 0.25) is 0 Å². The summed E-state index contributed by atoms with van der Waals surface area (Å²) in [6.45, 7) is 3.75. The van der Waals surface area contributed by atoms with Crippen molar-refractivity contribution in [1.29, 1.82) is 5.26 Å². The average Bonchev–Trinajstić information content (AvgIpc) is 3.19. The van der Waals surface area contributed by atoms with Crippen molar-refractivity contribution >= 4 is 35.3 Å². The highest BCUT2D eigenvalue weighted by molar-refractivity contribution is 8.00. The van der Waals surface area contributed by atoms with E-state index in [0.29, 0.717) is 19.1 Å². The maximum absolute atomic E-state index is 8.79. The van der Waals surface area contributed by atoms with Crippen LogP contribution >= 0.6 is 35.3 Å². The molecule has 7 heteroatoms. The Bertz CT molecular complexity index is 512. The molecular formula is C12H18N4S3. The van der Waals surface area contributed by atoms with Crippen molar-refractivity contribution in [3.8, 4) is 6.07 Å². The Balaban J connectivity index is 2.07. The van der Waals surface area contributed by atoms with Gasteiger partial charge >= 0.3 is 0 Å². The second-order valence-corrected chi connectivity index (χ2v) is 7.45. The van der Waals surface area contributed by atoms with E-state index in [1.165, 1.54) is 12.8 Å². The standard InChI is InChI=1S/C12H18N4S3/c1-9(10-4-5-10)15(7-3-6-13)8-16-12(17)19-11(14-16)18-2/h9-10H,3-5,7-8H2,1-2H3. The molecule has 104 valence electrons. The van der Waals surface area contributed by atoms with Crippen LogP contribution in [0.3, 0.4) is 0 Å². The van der Waals surface area contributed by atoms with Crippen molar-refractivity contribution in [3.05, 3.63) is 3.95 Å². The maximum atomic E-state index is 8.79. The Morgan fingerprint density at radius 2 is 2.42 bits per heavy atom. The van der Waals surface area contributed by atoms with Gasteiger partial charge in [0, 0.05) is 19.0 Å². The molecule has 0 saturated heterocycles. The van der Waals surface area contributed by atoms with Crippen LogP contribution in [-0.4, -0.2) is 33.5 Å². The van der Waals surface area contributed by atoms with Crippen LogP contribution in [-0.2, 0) is 6.67 Å². The largest absolute Gasteiger partial charge is 0.280 e. The van der Waals surface area contributed by atoms with E-state index in [2.05, 4.69) is 23.0 Å². The molecule has 1 fully saturated rings. The van der Waals surface area contributed by atoms with Gasteiger partial charge in [0.25, 0.3) is 0 Å². The van der Waals surface area contributed by atoms with E-state index in [1.807, 2.05) is 10.9 Å². The molecular weight excluding hydrogens is 296 g/mol. The zero-order valence-electron chi connectivity index (χ0n) is 11.2. The number of thioether (sulfide) groups is 1. The molecule has 2 rings (SSSR count). The highest BCUT2D eigenvalue weighted by Crippen LogP contribution is 2.35. The molecule has 1 atom stereocenters. The van der Waals surface area contributed by atoms with E-state index in [-0.39, 0.29) is 0 Å². The third-order valence-electron chi connectivity index (χ3n) is 3.47. The molecule has 1 unspecified atom stereocenters. The van der Waals surface area contributed by atoms with Gasteiger partial charge in [-0.3, -0.25) is 4.90 Å². The molecule has 0 bridgehead atoms. The molecule has 1 aliphatic rings. The monoisotopic (exact) mass is 314 g/mol. The molecule has 0 aliphatic heterocycles. The van der Waals surface area contributed by atoms with Crippen LogP contribution in [0.1, 0.15) is 26.2 Å². The zero-order chi connectivity index (χ0) is 13.8. The van der Waals surface area contributed by atoms with Gasteiger partial charge in [-0.25, -0.2) is 4.68 Å². The van der Waals surface area contributed by atoms with Gasteiger partial charge < -0.3 is 0 Å². The quantitative estimate of drug-likeness (QED) is 0.570. The number of rotatable bonds is 7. The van der Waals surface area contributed by atoms with E-state index in [1.54, 1.807) is 23.1 Å². The van der Waals surface area contributed by atoms with E-state index in [0.717, 1.165) is 20.8 Å². The molecule has 1 aliphatic carbocycles. The van der Waals surface area contributed by atoms with Crippen molar-refractivity contribution in [2.75, 3.05) is 12.8 Å². The molecule has 4 nitrogen and oxygen atoms in total. The SMILES string of the molecule is CSc1nn(CN(CCC#N)C(C)C2CC2)c(=S)s1. The topological polar surface area (TPSA) is 44.9 Å². The first kappa shape index (κ1) is 15.0. The minimum absolute atomic E-state index is 0.509. The lowest BCUT2D eigenvalue weighted by atomic mass is 10.2. The fourth-order valence-corrected chi connectivity index (χ4v) is 3.84. The Morgan fingerprint density at radius 1 is 1.68 bits per heavy atom. The fraction of sp³-hybridized carbons (Fsp3) is 0.750. The number of nitrogens with zero attached hydrogens (tertiary/aromatic N) is 4. The Hall–Kier alpha value is -0.420. The minimum atomic E-state index is 0.509. The first-order chi connectivity index (χ1) is 9.15. The van der Waals surface area contributed by atoms with Crippen LogP contribution in [0.15, 0.2) is 4.34 Å². The van der Waals surface area contributed by atoms with Crippen LogP contribution in [0.4, 0.5) is 0 Å². The molecule has 1 saturated carbocycles. The summed E-state index contributed by atoms with van der Waals surface area (Å²) in [6, 6.07) is 2.74. The predicted molar refractivity (Wildman–Crippen MR) is 81.8 cm³/mol. The van der Waals surface area contributed by atoms with Gasteiger partial charge in [-0.1, -0.05) is 23.1 Å². The van der Waals surface area contributed by atoms with Crippen LogP contribution in [0.25, 0.3) is 0 Å². The predicted octanol–water partition coefficient (Wildman–Crippen LogP) is 3.37. The third-order valence-corrected chi connectivity index (χ3v) is 5.75. The summed E-state index contributed by atoms with van der Waals surface area (Å²) in [5.41, 5.74) is 0. The lowest BCUT2D eigenvalue weighted by Crippen LogP contribution is -2.37. The lowest BCUT2D eigenvalue weighted by molar-refractivity contribution is 0.140. The second kappa shape index (κ2) is 6.84. The van der Waals surface area contributed by atoms with Crippen molar-refractivity contribution in [2.24, 2.45) is 5.92 Å². The van der Waals surface area contributed by atoms with Crippen molar-refractivity contribution in [1.82, 2.24) is 14.7 Å². The molecule has 1 heterocycles. The summed E-state index contributed by atoms with van der Waals surface area (Å²) in [7, 11) is 0. The number of aromatic nitrogens is 2. The van der Waals surface area contributed by atoms with E-state index < -0.39 is 0 Å². The van der Waals surface area contributed by atoms with Crippen molar-refractivity contribution in [2.45, 2.75) is 43.2 Å². The summed E-state index contributed by atoms with van der Waals surface area (Å²) in [5.74, 6) is 0.784. The third kappa shape index (κ3) is 4.02. The fourth-order valence-electron chi connectivity index (χ4n) is 2.10. The summed E-state index contributed by atoms with van der Waals surface area (Å²) < 4.78 is 3.71. The minimum Gasteiger partial charge on any atom is -0.280 e. The normalized spacial score (nSPS) is 16.5. The van der Waals surface area contributed by atoms with Gasteiger partial charge in [0.05, 0.1) is 12.7 Å². The Morgan fingerprint density at radius 3 is 2.95 bits per heavy atom. The Labute approximate surface area is 127 Å². The zero-order valence-corrected chi connectivity index (χ0v) is 13.7. The molecule has 0 amide bonds. The van der Waals surface area contributed by atoms with Gasteiger partial charge in [0.1, 0.15) is 0 Å². The Kier molecular flexibility index (Phi) is 5.39. The first-order valence-corrected chi connectivity index (χ1v) is 8.83. The number of hydrogen-bond donors (Lipinski definition) is 0. The molecule has 0 aromatic carbocycles. The molecule has 0 radical (unpaired) electrons. The van der Waals surface area contributed by atoms with Crippen LogP contribution in [0.5, 0.6) is 0 Å². The van der Waals surface area contributed by atoms with Crippen LogP contribution < -0.4 is 0 Å². The summed E-state index contributed by atoms with van der Waals surface area (Å²) in [4.78, 5) is 2.33. The number of hydrogen-bond acceptors (Lipinski definition) is 6. The van der Waals surface area contributed by atoms with Crippen molar-refractivity contribution in [3.63, 3.8) is 0 Å². The second-order valence-electron chi connectivity index (χ2n) is 4.78. The van der Waals surface area contributed by atoms with Gasteiger partial charge in [-0.2, -0.15) is 10.4 Å². The smallest absolute Gasteiger partial charge is 0.181 e. The summed E-state index contributed by atoms with van der Waals surface area (Å²) in [5, 5.41) is 13.3. The highest BCUT2D eigenvalue weighted by atomic mass is 32.2. The number of nitriles is 1. The molecule has 0 spiro atoms. The van der Waals surface area contributed by atoms with Crippen molar-refractivity contribution < 1.29 is 0 Å². The van der Waals surface area contributed by atoms with E-state index >= 15 is 0 Å². The van der Waals surface area contributed by atoms with Gasteiger partial charge in [-0.15, -0.1) is 0 Å². The van der Waals surface area contributed by atoms with Gasteiger partial charge in [-0.05, 0) is 44.2 Å². The lowest BCUT2D eigenvalue weighted by Gasteiger charge is -2.28. The summed E-state index contributed by atoms with van der Waals surface area (Å²) >= 11 is 8.53. The summed E-state index contributed by atoms with van der Waals surface area (Å²) in [6.07, 6.45) is 5.19. The first-order valence-electron chi connectivity index (χ1n) is 6.38. The van der Waals surface area contributed by atoms with Gasteiger partial charge in [0.2, 0.25) is 0 Å². The van der Waals surface area contributed by atoms with E-state index in [9.17, 15) is 0 Å². The van der Waals surface area contributed by atoms with Gasteiger partial charge in [0.15, 0.2) is 8.29 Å². The molecule has 19 heavy (non-hydrogen) atoms. The maximum Gasteiger partial charge on any atom is 0.181 e. The average molecular weight is 315 g/mol. The van der Waals surface area contributed by atoms with Crippen LogP contribution in [0, 0.1) is 21.2 Å². The molecule has 1 aromatic heterocycles. The van der Waals surface area contributed by atoms with E-state index in [4.69, 9.17) is 17.5 Å². The highest BCUT2D eigenvalue weighted by Gasteiger charge is 2.32. The molecule has 0 N–H and O–H groups in total. The molecule has 1 aromatic rings.